The molecule has 0 saturated carbocycles. The third-order valence-corrected chi connectivity index (χ3v) is 3.59. The van der Waals surface area contributed by atoms with Crippen LogP contribution in [0.5, 0.6) is 0 Å². The van der Waals surface area contributed by atoms with E-state index in [4.69, 9.17) is 0 Å². The van der Waals surface area contributed by atoms with E-state index >= 15 is 0 Å². The molecule has 0 aromatic heterocycles. The maximum atomic E-state index is 13.6. The molecule has 2 rings (SSSR count). The highest BCUT2D eigenvalue weighted by atomic mass is 19.1. The molecule has 0 aliphatic rings. The number of aliphatic hydroxyl groups excluding tert-OH is 1. The lowest BCUT2D eigenvalue weighted by Crippen LogP contribution is -2.25. The van der Waals surface area contributed by atoms with Crippen LogP contribution in [-0.2, 0) is 0 Å². The Morgan fingerprint density at radius 2 is 1.81 bits per heavy atom. The molecule has 0 spiro atoms. The zero-order valence-corrected chi connectivity index (χ0v) is 12.1. The predicted molar refractivity (Wildman–Crippen MR) is 78.9 cm³/mol. The Morgan fingerprint density at radius 1 is 1.10 bits per heavy atom. The summed E-state index contributed by atoms with van der Waals surface area (Å²) in [5.41, 5.74) is 2.38. The Bertz CT molecular complexity index is 615. The first kappa shape index (κ1) is 15.6. The van der Waals surface area contributed by atoms with Gasteiger partial charge >= 0.3 is 0 Å². The number of nitrogens with one attached hydrogen (secondary N) is 1. The Kier molecular flexibility index (Phi) is 5.04. The number of aryl methyl sites for hydroxylation is 1. The third-order valence-electron chi connectivity index (χ3n) is 3.59. The van der Waals surface area contributed by atoms with Crippen molar-refractivity contribution in [3.05, 3.63) is 70.8 Å². The minimum atomic E-state index is -1.02. The number of benzene rings is 2. The van der Waals surface area contributed by atoms with Crippen LogP contribution < -0.4 is 5.32 Å². The van der Waals surface area contributed by atoms with E-state index in [9.17, 15) is 13.9 Å². The average molecular weight is 291 g/mol. The minimum Gasteiger partial charge on any atom is -0.387 e. The van der Waals surface area contributed by atoms with Gasteiger partial charge < -0.3 is 10.4 Å². The summed E-state index contributed by atoms with van der Waals surface area (Å²) in [4.78, 5) is 0. The van der Waals surface area contributed by atoms with Crippen LogP contribution in [0.3, 0.4) is 0 Å². The first-order chi connectivity index (χ1) is 9.99. The van der Waals surface area contributed by atoms with Crippen molar-refractivity contribution in [2.45, 2.75) is 26.0 Å². The fourth-order valence-electron chi connectivity index (χ4n) is 2.35. The Hall–Kier alpha value is -1.78. The van der Waals surface area contributed by atoms with Crippen LogP contribution >= 0.6 is 0 Å². The molecular formula is C17H19F2NO. The van der Waals surface area contributed by atoms with Crippen molar-refractivity contribution < 1.29 is 13.9 Å². The number of hydrogen-bond donors (Lipinski definition) is 2. The van der Waals surface area contributed by atoms with E-state index in [-0.39, 0.29) is 18.2 Å². The first-order valence-corrected chi connectivity index (χ1v) is 6.91. The molecule has 1 unspecified atom stereocenters. The van der Waals surface area contributed by atoms with Gasteiger partial charge in [-0.2, -0.15) is 0 Å². The van der Waals surface area contributed by atoms with Crippen molar-refractivity contribution in [3.8, 4) is 0 Å². The largest absolute Gasteiger partial charge is 0.387 e. The van der Waals surface area contributed by atoms with Gasteiger partial charge in [-0.3, -0.25) is 0 Å². The van der Waals surface area contributed by atoms with E-state index in [1.807, 2.05) is 38.1 Å². The summed E-state index contributed by atoms with van der Waals surface area (Å²) < 4.78 is 26.4. The number of rotatable bonds is 5. The van der Waals surface area contributed by atoms with Crippen LogP contribution in [0, 0.1) is 18.6 Å². The van der Waals surface area contributed by atoms with E-state index in [2.05, 4.69) is 5.32 Å². The second kappa shape index (κ2) is 6.78. The van der Waals surface area contributed by atoms with E-state index in [1.54, 1.807) is 0 Å². The molecule has 0 fully saturated rings. The standard InChI is InChI=1S/C17H19F2NO/c1-11-5-3-4-6-14(11)12(2)20-10-17(21)15-8-7-13(18)9-16(15)19/h3-9,12,17,20-21H,10H2,1-2H3/t12-,17?/m0/s1. The molecule has 0 aliphatic carbocycles. The minimum absolute atomic E-state index is 0.0318. The van der Waals surface area contributed by atoms with Gasteiger partial charge in [-0.1, -0.05) is 30.3 Å². The molecule has 2 atom stereocenters. The molecule has 0 saturated heterocycles. The molecule has 0 aliphatic heterocycles. The second-order valence-electron chi connectivity index (χ2n) is 5.17. The van der Waals surface area contributed by atoms with E-state index in [0.717, 1.165) is 23.3 Å². The molecule has 4 heteroatoms. The fourth-order valence-corrected chi connectivity index (χ4v) is 2.35. The summed E-state index contributed by atoms with van der Waals surface area (Å²) in [7, 11) is 0. The molecule has 2 aromatic carbocycles. The number of aliphatic hydroxyl groups is 1. The molecule has 0 heterocycles. The monoisotopic (exact) mass is 291 g/mol. The highest BCUT2D eigenvalue weighted by Gasteiger charge is 2.15. The summed E-state index contributed by atoms with van der Waals surface area (Å²) in [5, 5.41) is 13.2. The van der Waals surface area contributed by atoms with E-state index < -0.39 is 17.7 Å². The van der Waals surface area contributed by atoms with Gasteiger partial charge in [-0.15, -0.1) is 0 Å². The summed E-state index contributed by atoms with van der Waals surface area (Å²) >= 11 is 0. The highest BCUT2D eigenvalue weighted by molar-refractivity contribution is 5.28. The molecule has 0 bridgehead atoms. The second-order valence-corrected chi connectivity index (χ2v) is 5.17. The van der Waals surface area contributed by atoms with Crippen LogP contribution in [0.4, 0.5) is 8.78 Å². The van der Waals surface area contributed by atoms with Gasteiger partial charge in [0.2, 0.25) is 0 Å². The van der Waals surface area contributed by atoms with Gasteiger partial charge in [0.1, 0.15) is 11.6 Å². The van der Waals surface area contributed by atoms with Crippen LogP contribution in [0.15, 0.2) is 42.5 Å². The molecule has 21 heavy (non-hydrogen) atoms. The van der Waals surface area contributed by atoms with Crippen LogP contribution in [0.2, 0.25) is 0 Å². The average Bonchev–Trinajstić information content (AvgIpc) is 2.45. The maximum absolute atomic E-state index is 13.6. The Morgan fingerprint density at radius 3 is 2.48 bits per heavy atom. The first-order valence-electron chi connectivity index (χ1n) is 6.91. The van der Waals surface area contributed by atoms with Crippen molar-refractivity contribution in [1.82, 2.24) is 5.32 Å². The molecule has 2 nitrogen and oxygen atoms in total. The van der Waals surface area contributed by atoms with Gasteiger partial charge in [0.05, 0.1) is 6.10 Å². The molecule has 2 aromatic rings. The van der Waals surface area contributed by atoms with Crippen molar-refractivity contribution in [2.75, 3.05) is 6.54 Å². The zero-order valence-electron chi connectivity index (χ0n) is 12.1. The van der Waals surface area contributed by atoms with Gasteiger partial charge in [-0.25, -0.2) is 8.78 Å². The van der Waals surface area contributed by atoms with Gasteiger partial charge in [0.25, 0.3) is 0 Å². The van der Waals surface area contributed by atoms with Crippen molar-refractivity contribution in [2.24, 2.45) is 0 Å². The third kappa shape index (κ3) is 3.86. The fraction of sp³-hybridized carbons (Fsp3) is 0.294. The van der Waals surface area contributed by atoms with E-state index in [1.165, 1.54) is 6.07 Å². The molecule has 112 valence electrons. The van der Waals surface area contributed by atoms with Crippen molar-refractivity contribution in [1.29, 1.82) is 0 Å². The topological polar surface area (TPSA) is 32.3 Å². The van der Waals surface area contributed by atoms with Crippen LogP contribution in [-0.4, -0.2) is 11.7 Å². The maximum Gasteiger partial charge on any atom is 0.131 e. The smallest absolute Gasteiger partial charge is 0.131 e. The number of halogens is 2. The quantitative estimate of drug-likeness (QED) is 0.881. The molecule has 0 radical (unpaired) electrons. The zero-order chi connectivity index (χ0) is 15.4. The van der Waals surface area contributed by atoms with Crippen molar-refractivity contribution >= 4 is 0 Å². The van der Waals surface area contributed by atoms with Gasteiger partial charge in [-0.05, 0) is 31.0 Å². The lowest BCUT2D eigenvalue weighted by atomic mass is 10.0. The summed E-state index contributed by atoms with van der Waals surface area (Å²) in [6.45, 7) is 4.19. The predicted octanol–water partition coefficient (Wildman–Crippen LogP) is 3.66. The normalized spacial score (nSPS) is 14.0. The van der Waals surface area contributed by atoms with Gasteiger partial charge in [0, 0.05) is 24.2 Å². The molecule has 0 amide bonds. The van der Waals surface area contributed by atoms with E-state index in [0.29, 0.717) is 0 Å². The Balaban J connectivity index is 2.01. The molecule has 2 N–H and O–H groups in total. The lowest BCUT2D eigenvalue weighted by Gasteiger charge is -2.19. The summed E-state index contributed by atoms with van der Waals surface area (Å²) in [6.07, 6.45) is -1.02. The summed E-state index contributed by atoms with van der Waals surface area (Å²) in [5.74, 6) is -1.38. The molecular weight excluding hydrogens is 272 g/mol. The number of hydrogen-bond acceptors (Lipinski definition) is 2. The SMILES string of the molecule is Cc1ccccc1[C@H](C)NCC(O)c1ccc(F)cc1F. The van der Waals surface area contributed by atoms with Crippen molar-refractivity contribution in [3.63, 3.8) is 0 Å². The van der Waals surface area contributed by atoms with Crippen LogP contribution in [0.1, 0.15) is 35.8 Å². The van der Waals surface area contributed by atoms with Gasteiger partial charge in [0.15, 0.2) is 0 Å². The lowest BCUT2D eigenvalue weighted by molar-refractivity contribution is 0.166. The highest BCUT2D eigenvalue weighted by Crippen LogP contribution is 2.20. The summed E-state index contributed by atoms with van der Waals surface area (Å²) in [6, 6.07) is 11.2. The van der Waals surface area contributed by atoms with Crippen LogP contribution in [0.25, 0.3) is 0 Å². The Labute approximate surface area is 123 Å².